The zero-order chi connectivity index (χ0) is 11.5. The SMILES string of the molecule is CC1CCC(N)CN1CCOC(C)(C)C. The highest BCUT2D eigenvalue weighted by Crippen LogP contribution is 2.16. The van der Waals surface area contributed by atoms with Gasteiger partial charge < -0.3 is 10.5 Å². The van der Waals surface area contributed by atoms with Crippen LogP contribution in [-0.2, 0) is 4.74 Å². The van der Waals surface area contributed by atoms with Crippen LogP contribution in [0.15, 0.2) is 0 Å². The van der Waals surface area contributed by atoms with Crippen molar-refractivity contribution in [3.63, 3.8) is 0 Å². The van der Waals surface area contributed by atoms with Crippen LogP contribution in [0.25, 0.3) is 0 Å². The first-order valence-corrected chi connectivity index (χ1v) is 6.02. The minimum Gasteiger partial charge on any atom is -0.375 e. The Hall–Kier alpha value is -0.120. The van der Waals surface area contributed by atoms with Gasteiger partial charge in [-0.05, 0) is 40.5 Å². The van der Waals surface area contributed by atoms with E-state index in [2.05, 4.69) is 32.6 Å². The van der Waals surface area contributed by atoms with Crippen molar-refractivity contribution in [2.24, 2.45) is 5.73 Å². The van der Waals surface area contributed by atoms with Gasteiger partial charge in [0.1, 0.15) is 0 Å². The van der Waals surface area contributed by atoms with E-state index >= 15 is 0 Å². The van der Waals surface area contributed by atoms with E-state index in [1.807, 2.05) is 0 Å². The zero-order valence-electron chi connectivity index (χ0n) is 10.6. The summed E-state index contributed by atoms with van der Waals surface area (Å²) in [5.74, 6) is 0. The summed E-state index contributed by atoms with van der Waals surface area (Å²) in [6.07, 6.45) is 2.38. The molecule has 1 heterocycles. The maximum Gasteiger partial charge on any atom is 0.0600 e. The van der Waals surface area contributed by atoms with Gasteiger partial charge in [0.25, 0.3) is 0 Å². The number of ether oxygens (including phenoxy) is 1. The summed E-state index contributed by atoms with van der Waals surface area (Å²) in [4.78, 5) is 2.44. The minimum absolute atomic E-state index is 0.0266. The summed E-state index contributed by atoms with van der Waals surface area (Å²) in [7, 11) is 0. The van der Waals surface area contributed by atoms with E-state index in [1.54, 1.807) is 0 Å². The van der Waals surface area contributed by atoms with Crippen molar-refractivity contribution in [1.82, 2.24) is 4.90 Å². The Labute approximate surface area is 94.0 Å². The summed E-state index contributed by atoms with van der Waals surface area (Å²) < 4.78 is 5.73. The van der Waals surface area contributed by atoms with Crippen molar-refractivity contribution in [3.8, 4) is 0 Å². The molecule has 1 aliphatic heterocycles. The lowest BCUT2D eigenvalue weighted by molar-refractivity contribution is -0.0208. The normalized spacial score (nSPS) is 29.4. The van der Waals surface area contributed by atoms with Crippen molar-refractivity contribution in [2.45, 2.75) is 58.2 Å². The molecule has 0 aromatic rings. The Kier molecular flexibility index (Phi) is 4.56. The average molecular weight is 214 g/mol. The molecule has 2 N–H and O–H groups in total. The summed E-state index contributed by atoms with van der Waals surface area (Å²) in [6.45, 7) is 11.4. The summed E-state index contributed by atoms with van der Waals surface area (Å²) in [5, 5.41) is 0. The van der Waals surface area contributed by atoms with Crippen LogP contribution >= 0.6 is 0 Å². The van der Waals surface area contributed by atoms with Crippen molar-refractivity contribution < 1.29 is 4.74 Å². The first kappa shape index (κ1) is 12.9. The lowest BCUT2D eigenvalue weighted by Crippen LogP contribution is -2.48. The highest BCUT2D eigenvalue weighted by atomic mass is 16.5. The first-order chi connectivity index (χ1) is 6.88. The molecule has 2 atom stereocenters. The molecule has 1 saturated heterocycles. The Morgan fingerprint density at radius 1 is 1.33 bits per heavy atom. The maximum atomic E-state index is 5.96. The van der Waals surface area contributed by atoms with E-state index in [1.165, 1.54) is 6.42 Å². The second-order valence-corrected chi connectivity index (χ2v) is 5.64. The number of nitrogens with zero attached hydrogens (tertiary/aromatic N) is 1. The lowest BCUT2D eigenvalue weighted by Gasteiger charge is -2.37. The zero-order valence-corrected chi connectivity index (χ0v) is 10.6. The molecule has 90 valence electrons. The first-order valence-electron chi connectivity index (χ1n) is 6.02. The van der Waals surface area contributed by atoms with Crippen LogP contribution in [0.3, 0.4) is 0 Å². The molecule has 15 heavy (non-hydrogen) atoms. The fourth-order valence-electron chi connectivity index (χ4n) is 1.99. The minimum atomic E-state index is -0.0266. The van der Waals surface area contributed by atoms with Gasteiger partial charge >= 0.3 is 0 Å². The fourth-order valence-corrected chi connectivity index (χ4v) is 1.99. The highest BCUT2D eigenvalue weighted by Gasteiger charge is 2.23. The van der Waals surface area contributed by atoms with E-state index in [0.29, 0.717) is 12.1 Å². The van der Waals surface area contributed by atoms with E-state index in [9.17, 15) is 0 Å². The molecule has 0 saturated carbocycles. The Balaban J connectivity index is 2.24. The predicted octanol–water partition coefficient (Wildman–Crippen LogP) is 1.61. The lowest BCUT2D eigenvalue weighted by atomic mass is 10.0. The third kappa shape index (κ3) is 4.96. The van der Waals surface area contributed by atoms with E-state index in [0.717, 1.165) is 26.1 Å². The largest absolute Gasteiger partial charge is 0.375 e. The molecule has 1 aliphatic rings. The van der Waals surface area contributed by atoms with Gasteiger partial charge in [-0.2, -0.15) is 0 Å². The Morgan fingerprint density at radius 2 is 2.00 bits per heavy atom. The molecule has 0 radical (unpaired) electrons. The van der Waals surface area contributed by atoms with Gasteiger partial charge in [-0.25, -0.2) is 0 Å². The average Bonchev–Trinajstić information content (AvgIpc) is 2.09. The van der Waals surface area contributed by atoms with Crippen LogP contribution < -0.4 is 5.73 Å². The molecule has 0 spiro atoms. The molecule has 2 unspecified atom stereocenters. The summed E-state index contributed by atoms with van der Waals surface area (Å²) in [5.41, 5.74) is 5.94. The van der Waals surface area contributed by atoms with Crippen LogP contribution in [0.2, 0.25) is 0 Å². The molecule has 0 aromatic carbocycles. The van der Waals surface area contributed by atoms with E-state index in [-0.39, 0.29) is 5.60 Å². The number of likely N-dealkylation sites (tertiary alicyclic amines) is 1. The van der Waals surface area contributed by atoms with Gasteiger partial charge in [-0.15, -0.1) is 0 Å². The fraction of sp³-hybridized carbons (Fsp3) is 1.00. The van der Waals surface area contributed by atoms with E-state index in [4.69, 9.17) is 10.5 Å². The summed E-state index contributed by atoms with van der Waals surface area (Å²) in [6, 6.07) is 1.02. The monoisotopic (exact) mass is 214 g/mol. The molecule has 3 nitrogen and oxygen atoms in total. The van der Waals surface area contributed by atoms with Crippen molar-refractivity contribution in [2.75, 3.05) is 19.7 Å². The summed E-state index contributed by atoms with van der Waals surface area (Å²) >= 11 is 0. The molecule has 0 aromatic heterocycles. The quantitative estimate of drug-likeness (QED) is 0.776. The van der Waals surface area contributed by atoms with Crippen LogP contribution in [0, 0.1) is 0 Å². The van der Waals surface area contributed by atoms with Crippen molar-refractivity contribution in [1.29, 1.82) is 0 Å². The maximum absolute atomic E-state index is 5.96. The van der Waals surface area contributed by atoms with Gasteiger partial charge in [0.05, 0.1) is 12.2 Å². The number of piperidine rings is 1. The Bertz CT molecular complexity index is 189. The predicted molar refractivity (Wildman–Crippen MR) is 63.9 cm³/mol. The molecule has 0 amide bonds. The molecule has 1 fully saturated rings. The molecule has 3 heteroatoms. The van der Waals surface area contributed by atoms with Crippen LogP contribution in [0.4, 0.5) is 0 Å². The van der Waals surface area contributed by atoms with E-state index < -0.39 is 0 Å². The molecule has 1 rings (SSSR count). The molecular formula is C12H26N2O. The third-order valence-corrected chi connectivity index (χ3v) is 2.96. The van der Waals surface area contributed by atoms with Crippen molar-refractivity contribution >= 4 is 0 Å². The number of rotatable bonds is 3. The second kappa shape index (κ2) is 5.28. The van der Waals surface area contributed by atoms with Crippen LogP contribution in [0.5, 0.6) is 0 Å². The number of hydrogen-bond acceptors (Lipinski definition) is 3. The molecule has 0 bridgehead atoms. The molecular weight excluding hydrogens is 188 g/mol. The smallest absolute Gasteiger partial charge is 0.0600 e. The van der Waals surface area contributed by atoms with Gasteiger partial charge in [0.2, 0.25) is 0 Å². The highest BCUT2D eigenvalue weighted by molar-refractivity contribution is 4.80. The van der Waals surface area contributed by atoms with Crippen LogP contribution in [0.1, 0.15) is 40.5 Å². The van der Waals surface area contributed by atoms with Crippen molar-refractivity contribution in [3.05, 3.63) is 0 Å². The van der Waals surface area contributed by atoms with Gasteiger partial charge in [-0.3, -0.25) is 4.90 Å². The van der Waals surface area contributed by atoms with Crippen LogP contribution in [-0.4, -0.2) is 42.3 Å². The topological polar surface area (TPSA) is 38.5 Å². The van der Waals surface area contributed by atoms with Gasteiger partial charge in [-0.1, -0.05) is 0 Å². The number of hydrogen-bond donors (Lipinski definition) is 1. The second-order valence-electron chi connectivity index (χ2n) is 5.64. The van der Waals surface area contributed by atoms with Gasteiger partial charge in [0.15, 0.2) is 0 Å². The number of nitrogens with two attached hydrogens (primary N) is 1. The third-order valence-electron chi connectivity index (χ3n) is 2.96. The van der Waals surface area contributed by atoms with Gasteiger partial charge in [0, 0.05) is 25.2 Å². The standard InChI is InChI=1S/C12H26N2O/c1-10-5-6-11(13)9-14(10)7-8-15-12(2,3)4/h10-11H,5-9,13H2,1-4H3. The Morgan fingerprint density at radius 3 is 2.60 bits per heavy atom. The molecule has 0 aliphatic carbocycles.